The number of nitrogens with zero attached hydrogens (tertiary/aromatic N) is 2. The van der Waals surface area contributed by atoms with Gasteiger partial charge in [0, 0.05) is 33.5 Å². The summed E-state index contributed by atoms with van der Waals surface area (Å²) in [6, 6.07) is 93.0. The summed E-state index contributed by atoms with van der Waals surface area (Å²) in [5.74, 6) is 0. The monoisotopic (exact) mass is 814 g/mol. The molecule has 0 N–H and O–H groups in total. The summed E-state index contributed by atoms with van der Waals surface area (Å²) < 4.78 is 2.41. The van der Waals surface area contributed by atoms with Crippen molar-refractivity contribution in [1.82, 2.24) is 4.57 Å². The minimum atomic E-state index is 1.07. The molecule has 0 radical (unpaired) electrons. The average molecular weight is 815 g/mol. The fourth-order valence-corrected chi connectivity index (χ4v) is 9.80. The van der Waals surface area contributed by atoms with E-state index < -0.39 is 0 Å². The molecule has 12 aromatic rings. The number of para-hydroxylation sites is 2. The summed E-state index contributed by atoms with van der Waals surface area (Å²) >= 11 is 0. The van der Waals surface area contributed by atoms with Crippen molar-refractivity contribution < 1.29 is 0 Å². The van der Waals surface area contributed by atoms with Crippen molar-refractivity contribution in [2.24, 2.45) is 0 Å². The lowest BCUT2D eigenvalue weighted by Gasteiger charge is -2.28. The maximum Gasteiger partial charge on any atom is 0.0561 e. The summed E-state index contributed by atoms with van der Waals surface area (Å²) in [5.41, 5.74) is 16.1. The SMILES string of the molecule is c1ccc(-c2ccc(N(c3cc(-c4cccc5ccccc45)cc(-c4cccc5ccccc45)c3)c3ccc4c5ccccc5n(-c5ccccc5)c4c3)cc2-c2ccccc2)cc1. The molecule has 0 saturated carbocycles. The molecule has 0 unspecified atom stereocenters. The minimum absolute atomic E-state index is 1.07. The van der Waals surface area contributed by atoms with Crippen LogP contribution < -0.4 is 4.90 Å². The minimum Gasteiger partial charge on any atom is -0.310 e. The van der Waals surface area contributed by atoms with E-state index in [1.807, 2.05) is 0 Å². The van der Waals surface area contributed by atoms with Gasteiger partial charge in [0.1, 0.15) is 0 Å². The summed E-state index contributed by atoms with van der Waals surface area (Å²) in [6.45, 7) is 0. The van der Waals surface area contributed by atoms with Crippen LogP contribution in [0.5, 0.6) is 0 Å². The van der Waals surface area contributed by atoms with Gasteiger partial charge in [0.25, 0.3) is 0 Å². The van der Waals surface area contributed by atoms with Gasteiger partial charge in [-0.25, -0.2) is 0 Å². The molecule has 2 nitrogen and oxygen atoms in total. The summed E-state index contributed by atoms with van der Waals surface area (Å²) in [7, 11) is 0. The highest BCUT2D eigenvalue weighted by Gasteiger charge is 2.22. The molecule has 0 aliphatic rings. The zero-order valence-electron chi connectivity index (χ0n) is 35.1. The quantitative estimate of drug-likeness (QED) is 0.148. The summed E-state index contributed by atoms with van der Waals surface area (Å²) in [5, 5.41) is 7.34. The van der Waals surface area contributed by atoms with Gasteiger partial charge in [-0.3, -0.25) is 0 Å². The molecule has 0 aliphatic carbocycles. The Balaban J connectivity index is 1.17. The first-order valence-electron chi connectivity index (χ1n) is 22.0. The molecule has 64 heavy (non-hydrogen) atoms. The number of rotatable bonds is 8. The van der Waals surface area contributed by atoms with Crippen LogP contribution in [0.4, 0.5) is 17.1 Å². The Morgan fingerprint density at radius 3 is 1.38 bits per heavy atom. The molecule has 1 heterocycles. The van der Waals surface area contributed by atoms with E-state index in [-0.39, 0.29) is 0 Å². The first kappa shape index (κ1) is 37.3. The predicted molar refractivity (Wildman–Crippen MR) is 272 cm³/mol. The fraction of sp³-hybridized carbons (Fsp3) is 0. The maximum atomic E-state index is 2.47. The van der Waals surface area contributed by atoms with Crippen LogP contribution in [0.15, 0.2) is 255 Å². The molecule has 2 heteroatoms. The number of fused-ring (bicyclic) bond motifs is 5. The lowest BCUT2D eigenvalue weighted by Crippen LogP contribution is -2.11. The molecule has 0 amide bonds. The van der Waals surface area contributed by atoms with Crippen molar-refractivity contribution in [3.8, 4) is 50.2 Å². The van der Waals surface area contributed by atoms with Crippen LogP contribution in [0.1, 0.15) is 0 Å². The van der Waals surface area contributed by atoms with E-state index in [1.165, 1.54) is 71.2 Å². The van der Waals surface area contributed by atoms with E-state index in [9.17, 15) is 0 Å². The average Bonchev–Trinajstić information content (AvgIpc) is 3.70. The van der Waals surface area contributed by atoms with Crippen LogP contribution in [0, 0.1) is 0 Å². The highest BCUT2D eigenvalue weighted by Crippen LogP contribution is 2.46. The highest BCUT2D eigenvalue weighted by molar-refractivity contribution is 6.11. The first-order chi connectivity index (χ1) is 31.7. The van der Waals surface area contributed by atoms with Crippen molar-refractivity contribution >= 4 is 60.4 Å². The van der Waals surface area contributed by atoms with E-state index in [1.54, 1.807) is 0 Å². The Morgan fingerprint density at radius 1 is 0.250 bits per heavy atom. The van der Waals surface area contributed by atoms with E-state index in [4.69, 9.17) is 0 Å². The van der Waals surface area contributed by atoms with E-state index in [2.05, 4.69) is 264 Å². The largest absolute Gasteiger partial charge is 0.310 e. The molecule has 0 atom stereocenters. The van der Waals surface area contributed by atoms with Gasteiger partial charge in [-0.15, -0.1) is 0 Å². The molecule has 0 bridgehead atoms. The molecule has 12 rings (SSSR count). The van der Waals surface area contributed by atoms with Crippen LogP contribution in [0.3, 0.4) is 0 Å². The van der Waals surface area contributed by atoms with Crippen molar-refractivity contribution in [2.75, 3.05) is 4.90 Å². The molecular formula is C62H42N2. The van der Waals surface area contributed by atoms with Gasteiger partial charge in [-0.2, -0.15) is 0 Å². The van der Waals surface area contributed by atoms with E-state index in [0.29, 0.717) is 0 Å². The number of anilines is 3. The first-order valence-corrected chi connectivity index (χ1v) is 22.0. The third-order valence-corrected chi connectivity index (χ3v) is 12.7. The summed E-state index contributed by atoms with van der Waals surface area (Å²) in [6.07, 6.45) is 0. The zero-order valence-corrected chi connectivity index (χ0v) is 35.1. The van der Waals surface area contributed by atoms with Crippen molar-refractivity contribution in [3.05, 3.63) is 255 Å². The third kappa shape index (κ3) is 6.52. The van der Waals surface area contributed by atoms with Gasteiger partial charge in [-0.1, -0.05) is 194 Å². The Labute approximate surface area is 373 Å². The van der Waals surface area contributed by atoms with Crippen molar-refractivity contribution in [3.63, 3.8) is 0 Å². The fourth-order valence-electron chi connectivity index (χ4n) is 9.80. The molecule has 0 saturated heterocycles. The second-order valence-corrected chi connectivity index (χ2v) is 16.5. The molecule has 11 aromatic carbocycles. The number of hydrogen-bond acceptors (Lipinski definition) is 1. The van der Waals surface area contributed by atoms with Gasteiger partial charge in [0.2, 0.25) is 0 Å². The smallest absolute Gasteiger partial charge is 0.0561 e. The van der Waals surface area contributed by atoms with Crippen LogP contribution in [-0.2, 0) is 0 Å². The Morgan fingerprint density at radius 2 is 0.734 bits per heavy atom. The Bertz CT molecular complexity index is 3550. The maximum absolute atomic E-state index is 2.47. The molecular weight excluding hydrogens is 773 g/mol. The van der Waals surface area contributed by atoms with Gasteiger partial charge >= 0.3 is 0 Å². The molecule has 0 spiro atoms. The normalized spacial score (nSPS) is 11.4. The van der Waals surface area contributed by atoms with E-state index in [0.717, 1.165) is 39.4 Å². The van der Waals surface area contributed by atoms with Crippen molar-refractivity contribution in [2.45, 2.75) is 0 Å². The Hall–Kier alpha value is -8.46. The van der Waals surface area contributed by atoms with Gasteiger partial charge in [0.05, 0.1) is 11.0 Å². The van der Waals surface area contributed by atoms with Crippen LogP contribution in [0.2, 0.25) is 0 Å². The third-order valence-electron chi connectivity index (χ3n) is 12.7. The van der Waals surface area contributed by atoms with Crippen LogP contribution >= 0.6 is 0 Å². The van der Waals surface area contributed by atoms with Crippen molar-refractivity contribution in [1.29, 1.82) is 0 Å². The molecule has 1 aromatic heterocycles. The Kier molecular flexibility index (Phi) is 9.20. The van der Waals surface area contributed by atoms with Crippen LogP contribution in [0.25, 0.3) is 93.5 Å². The molecule has 300 valence electrons. The lowest BCUT2D eigenvalue weighted by molar-refractivity contribution is 1.18. The number of benzene rings is 11. The molecule has 0 aliphatic heterocycles. The topological polar surface area (TPSA) is 8.17 Å². The molecule has 0 fully saturated rings. The van der Waals surface area contributed by atoms with Gasteiger partial charge < -0.3 is 9.47 Å². The second kappa shape index (κ2) is 15.8. The standard InChI is InChI=1S/C62H42N2/c1-4-18-43(19-5-1)57-36-34-50(41-60(57)46-20-6-2-7-21-46)63(51-35-37-59-58-30-14-15-33-61(58)64(62(59)42-51)49-26-8-3-9-27-49)52-39-47(55-31-16-24-44-22-10-12-28-53(44)55)38-48(40-52)56-32-17-25-45-23-11-13-29-54(45)56/h1-42H. The summed E-state index contributed by atoms with van der Waals surface area (Å²) in [4.78, 5) is 2.47. The lowest BCUT2D eigenvalue weighted by atomic mass is 9.91. The zero-order chi connectivity index (χ0) is 42.4. The second-order valence-electron chi connectivity index (χ2n) is 16.5. The van der Waals surface area contributed by atoms with Gasteiger partial charge in [-0.05, 0) is 127 Å². The van der Waals surface area contributed by atoms with E-state index >= 15 is 0 Å². The number of hydrogen-bond donors (Lipinski definition) is 0. The highest BCUT2D eigenvalue weighted by atomic mass is 15.1. The van der Waals surface area contributed by atoms with Crippen LogP contribution in [-0.4, -0.2) is 4.57 Å². The predicted octanol–water partition coefficient (Wildman–Crippen LogP) is 17.2. The number of aromatic nitrogens is 1. The van der Waals surface area contributed by atoms with Gasteiger partial charge in [0.15, 0.2) is 0 Å².